The fraction of sp³-hybridized carbons (Fsp3) is 0.692. The number of aryl methyl sites for hydroxylation is 1. The van der Waals surface area contributed by atoms with Gasteiger partial charge in [0.2, 0.25) is 0 Å². The van der Waals surface area contributed by atoms with E-state index >= 15 is 0 Å². The molecule has 0 amide bonds. The molecular weight excluding hydrogens is 228 g/mol. The Hall–Kier alpha value is -1.36. The van der Waals surface area contributed by atoms with Gasteiger partial charge in [-0.2, -0.15) is 0 Å². The molecule has 1 atom stereocenters. The van der Waals surface area contributed by atoms with Crippen molar-refractivity contribution >= 4 is 11.6 Å². The van der Waals surface area contributed by atoms with Gasteiger partial charge in [0.1, 0.15) is 17.5 Å². The fourth-order valence-electron chi connectivity index (χ4n) is 2.02. The lowest BCUT2D eigenvalue weighted by Crippen LogP contribution is -2.37. The first-order valence-corrected chi connectivity index (χ1v) is 6.51. The molecule has 1 unspecified atom stereocenters. The van der Waals surface area contributed by atoms with Gasteiger partial charge < -0.3 is 15.4 Å². The van der Waals surface area contributed by atoms with Crippen LogP contribution in [0.3, 0.4) is 0 Å². The minimum absolute atomic E-state index is 0.267. The number of ether oxygens (including phenoxy) is 1. The molecule has 0 aliphatic heterocycles. The smallest absolute Gasteiger partial charge is 0.134 e. The van der Waals surface area contributed by atoms with E-state index < -0.39 is 0 Å². The molecule has 0 radical (unpaired) electrons. The predicted octanol–water partition coefficient (Wildman–Crippen LogP) is 1.87. The summed E-state index contributed by atoms with van der Waals surface area (Å²) in [6.45, 7) is 7.86. The Morgan fingerprint density at radius 2 is 2.11 bits per heavy atom. The summed E-state index contributed by atoms with van der Waals surface area (Å²) in [6, 6.07) is 2.10. The number of nitrogens with zero attached hydrogens (tertiary/aromatic N) is 3. The van der Waals surface area contributed by atoms with Crippen molar-refractivity contribution in [2.45, 2.75) is 39.7 Å². The minimum atomic E-state index is 0.267. The Morgan fingerprint density at radius 1 is 1.39 bits per heavy atom. The van der Waals surface area contributed by atoms with Crippen molar-refractivity contribution in [1.29, 1.82) is 0 Å². The molecule has 0 saturated carbocycles. The summed E-state index contributed by atoms with van der Waals surface area (Å²) in [6.07, 6.45) is 1.87. The number of hydrogen-bond donors (Lipinski definition) is 1. The van der Waals surface area contributed by atoms with E-state index in [0.29, 0.717) is 12.4 Å². The molecule has 0 fully saturated rings. The van der Waals surface area contributed by atoms with Gasteiger partial charge in [-0.25, -0.2) is 9.97 Å². The lowest BCUT2D eigenvalue weighted by atomic mass is 10.2. The van der Waals surface area contributed by atoms with Crippen LogP contribution in [0.25, 0.3) is 0 Å². The summed E-state index contributed by atoms with van der Waals surface area (Å²) in [4.78, 5) is 11.0. The number of aromatic nitrogens is 2. The van der Waals surface area contributed by atoms with Crippen molar-refractivity contribution in [3.05, 3.63) is 11.9 Å². The summed E-state index contributed by atoms with van der Waals surface area (Å²) in [7, 11) is 1.71. The van der Waals surface area contributed by atoms with Crippen LogP contribution in [0.1, 0.15) is 33.0 Å². The Bertz CT molecular complexity index is 370. The van der Waals surface area contributed by atoms with Crippen LogP contribution in [0.2, 0.25) is 0 Å². The van der Waals surface area contributed by atoms with Gasteiger partial charge in [-0.05, 0) is 20.3 Å². The molecule has 0 bridgehead atoms. The molecule has 102 valence electrons. The van der Waals surface area contributed by atoms with Crippen LogP contribution in [-0.2, 0) is 11.2 Å². The van der Waals surface area contributed by atoms with Gasteiger partial charge in [-0.15, -0.1) is 0 Å². The largest absolute Gasteiger partial charge is 0.384 e. The molecule has 18 heavy (non-hydrogen) atoms. The Kier molecular flexibility index (Phi) is 5.85. The molecule has 0 spiro atoms. The van der Waals surface area contributed by atoms with Crippen molar-refractivity contribution in [2.75, 3.05) is 30.9 Å². The van der Waals surface area contributed by atoms with Crippen molar-refractivity contribution in [3.63, 3.8) is 0 Å². The lowest BCUT2D eigenvalue weighted by molar-refractivity contribution is 0.181. The third kappa shape index (κ3) is 3.84. The quantitative estimate of drug-likeness (QED) is 0.802. The number of methoxy groups -OCH3 is 1. The van der Waals surface area contributed by atoms with E-state index in [-0.39, 0.29) is 6.04 Å². The van der Waals surface area contributed by atoms with Crippen LogP contribution < -0.4 is 10.6 Å². The number of nitrogen functional groups attached to an aromatic ring is 1. The fourth-order valence-corrected chi connectivity index (χ4v) is 2.02. The van der Waals surface area contributed by atoms with Crippen LogP contribution in [0, 0.1) is 0 Å². The minimum Gasteiger partial charge on any atom is -0.384 e. The number of anilines is 2. The van der Waals surface area contributed by atoms with E-state index in [1.54, 1.807) is 7.11 Å². The van der Waals surface area contributed by atoms with Gasteiger partial charge >= 0.3 is 0 Å². The van der Waals surface area contributed by atoms with Crippen LogP contribution in [-0.4, -0.2) is 36.3 Å². The number of likely N-dealkylation sites (N-methyl/N-ethyl adjacent to an activating group) is 1. The second kappa shape index (κ2) is 7.16. The van der Waals surface area contributed by atoms with E-state index in [1.165, 1.54) is 0 Å². The van der Waals surface area contributed by atoms with Crippen LogP contribution in [0.5, 0.6) is 0 Å². The number of rotatable bonds is 7. The zero-order chi connectivity index (χ0) is 13.5. The highest BCUT2D eigenvalue weighted by Gasteiger charge is 2.15. The van der Waals surface area contributed by atoms with Gasteiger partial charge in [0.15, 0.2) is 0 Å². The zero-order valence-electron chi connectivity index (χ0n) is 11.8. The van der Waals surface area contributed by atoms with Crippen molar-refractivity contribution in [3.8, 4) is 0 Å². The second-order valence-electron chi connectivity index (χ2n) is 4.41. The van der Waals surface area contributed by atoms with Gasteiger partial charge in [0.25, 0.3) is 0 Å². The average molecular weight is 252 g/mol. The van der Waals surface area contributed by atoms with Crippen LogP contribution in [0.4, 0.5) is 11.6 Å². The SMILES string of the molecule is CCCc1nc(N)cc(N(CC)C(C)COC)n1. The van der Waals surface area contributed by atoms with E-state index in [4.69, 9.17) is 10.5 Å². The second-order valence-corrected chi connectivity index (χ2v) is 4.41. The maximum Gasteiger partial charge on any atom is 0.134 e. The Labute approximate surface area is 109 Å². The lowest BCUT2D eigenvalue weighted by Gasteiger charge is -2.28. The molecule has 0 saturated heterocycles. The maximum absolute atomic E-state index is 5.85. The standard InChI is InChI=1S/C13H24N4O/c1-5-7-12-15-11(14)8-13(16-12)17(6-2)10(3)9-18-4/h8,10H,5-7,9H2,1-4H3,(H2,14,15,16). The molecule has 0 aromatic carbocycles. The van der Waals surface area contributed by atoms with E-state index in [9.17, 15) is 0 Å². The normalized spacial score (nSPS) is 12.4. The Morgan fingerprint density at radius 3 is 2.67 bits per heavy atom. The highest BCUT2D eigenvalue weighted by atomic mass is 16.5. The zero-order valence-corrected chi connectivity index (χ0v) is 11.8. The molecule has 1 aromatic heterocycles. The molecule has 5 nitrogen and oxygen atoms in total. The van der Waals surface area contributed by atoms with Crippen LogP contribution in [0.15, 0.2) is 6.07 Å². The van der Waals surface area contributed by atoms with Crippen molar-refractivity contribution in [1.82, 2.24) is 9.97 Å². The monoisotopic (exact) mass is 252 g/mol. The summed E-state index contributed by atoms with van der Waals surface area (Å²) in [5.41, 5.74) is 5.85. The third-order valence-corrected chi connectivity index (χ3v) is 2.83. The average Bonchev–Trinajstić information content (AvgIpc) is 2.30. The molecule has 5 heteroatoms. The van der Waals surface area contributed by atoms with Gasteiger partial charge in [0.05, 0.1) is 12.6 Å². The molecular formula is C13H24N4O. The molecule has 0 aliphatic rings. The highest BCUT2D eigenvalue weighted by molar-refractivity contribution is 5.47. The summed E-state index contributed by atoms with van der Waals surface area (Å²) >= 11 is 0. The first-order chi connectivity index (χ1) is 8.62. The number of nitrogens with two attached hydrogens (primary N) is 1. The summed E-state index contributed by atoms with van der Waals surface area (Å²) in [5, 5.41) is 0. The molecule has 1 aromatic rings. The van der Waals surface area contributed by atoms with E-state index in [2.05, 4.69) is 35.6 Å². The summed E-state index contributed by atoms with van der Waals surface area (Å²) in [5.74, 6) is 2.24. The van der Waals surface area contributed by atoms with Crippen LogP contribution >= 0.6 is 0 Å². The predicted molar refractivity (Wildman–Crippen MR) is 74.8 cm³/mol. The van der Waals surface area contributed by atoms with Gasteiger partial charge in [0, 0.05) is 26.1 Å². The van der Waals surface area contributed by atoms with Gasteiger partial charge in [-0.1, -0.05) is 6.92 Å². The number of hydrogen-bond acceptors (Lipinski definition) is 5. The maximum atomic E-state index is 5.85. The van der Waals surface area contributed by atoms with Gasteiger partial charge in [-0.3, -0.25) is 0 Å². The topological polar surface area (TPSA) is 64.3 Å². The molecule has 0 aliphatic carbocycles. The first-order valence-electron chi connectivity index (χ1n) is 6.51. The first kappa shape index (κ1) is 14.7. The summed E-state index contributed by atoms with van der Waals surface area (Å²) < 4.78 is 5.20. The van der Waals surface area contributed by atoms with E-state index in [0.717, 1.165) is 31.0 Å². The highest BCUT2D eigenvalue weighted by Crippen LogP contribution is 2.17. The van der Waals surface area contributed by atoms with E-state index in [1.807, 2.05) is 6.07 Å². The molecule has 1 rings (SSSR count). The third-order valence-electron chi connectivity index (χ3n) is 2.83. The molecule has 1 heterocycles. The molecule has 2 N–H and O–H groups in total. The van der Waals surface area contributed by atoms with Crippen molar-refractivity contribution in [2.24, 2.45) is 0 Å². The van der Waals surface area contributed by atoms with Crippen molar-refractivity contribution < 1.29 is 4.74 Å². The Balaban J connectivity index is 2.97.